The molecular formula is C45H61N5O7S. The Morgan fingerprint density at radius 1 is 1.03 bits per heavy atom. The van der Waals surface area contributed by atoms with E-state index in [-0.39, 0.29) is 24.8 Å². The number of nitrogens with zero attached hydrogens (tertiary/aromatic N) is 3. The number of hydrogen-bond donors (Lipinski definition) is 6. The second-order valence-corrected chi connectivity index (χ2v) is 17.1. The van der Waals surface area contributed by atoms with E-state index in [1.807, 2.05) is 54.7 Å². The number of rotatable bonds is 21. The van der Waals surface area contributed by atoms with E-state index in [2.05, 4.69) is 56.8 Å². The maximum absolute atomic E-state index is 12.8. The van der Waals surface area contributed by atoms with Crippen molar-refractivity contribution in [2.24, 2.45) is 11.8 Å². The average molecular weight is 816 g/mol. The maximum atomic E-state index is 12.8. The number of hydrogen-bond acceptors (Lipinski definition) is 9. The molecule has 6 rings (SSSR count). The number of benzene rings is 3. The van der Waals surface area contributed by atoms with Gasteiger partial charge in [0.25, 0.3) is 0 Å². The molecule has 12 nitrogen and oxygen atoms in total. The fourth-order valence-electron chi connectivity index (χ4n) is 8.62. The highest BCUT2D eigenvalue weighted by atomic mass is 32.2. The number of anilines is 1. The fraction of sp³-hybridized carbons (Fsp3) is 0.511. The quantitative estimate of drug-likeness (QED) is 0.0175. The van der Waals surface area contributed by atoms with Crippen LogP contribution in [-0.2, 0) is 40.3 Å². The first-order chi connectivity index (χ1) is 28.1. The normalized spacial score (nSPS) is 23.0. The van der Waals surface area contributed by atoms with Gasteiger partial charge in [-0.05, 0) is 124 Å². The number of esters is 1. The summed E-state index contributed by atoms with van der Waals surface area (Å²) < 4.78 is 29.4. The van der Waals surface area contributed by atoms with Gasteiger partial charge in [0.1, 0.15) is 0 Å². The Morgan fingerprint density at radius 2 is 1.83 bits per heavy atom. The Hall–Kier alpha value is -3.95. The molecule has 13 heteroatoms. The van der Waals surface area contributed by atoms with Crippen LogP contribution in [0.1, 0.15) is 87.8 Å². The summed E-state index contributed by atoms with van der Waals surface area (Å²) in [6.07, 6.45) is 10.5. The minimum atomic E-state index is -2.36. The predicted molar refractivity (Wildman–Crippen MR) is 228 cm³/mol. The molecule has 0 radical (unpaired) electrons. The van der Waals surface area contributed by atoms with Crippen LogP contribution in [0.5, 0.6) is 0 Å². The molecule has 2 fully saturated rings. The molecule has 1 aliphatic carbocycles. The predicted octanol–water partition coefficient (Wildman–Crippen LogP) is 6.72. The molecule has 1 saturated carbocycles. The number of carbonyl (C=O) groups is 1. The van der Waals surface area contributed by atoms with Crippen LogP contribution >= 0.6 is 0 Å². The van der Waals surface area contributed by atoms with E-state index in [4.69, 9.17) is 4.74 Å². The zero-order valence-corrected chi connectivity index (χ0v) is 34.4. The summed E-state index contributed by atoms with van der Waals surface area (Å²) in [7, 11) is 0. The largest absolute Gasteiger partial charge is 0.446 e. The maximum Gasteiger partial charge on any atom is 0.307 e. The molecule has 1 aromatic heterocycles. The first kappa shape index (κ1) is 43.6. The highest BCUT2D eigenvalue weighted by Crippen LogP contribution is 2.38. The third kappa shape index (κ3) is 13.0. The van der Waals surface area contributed by atoms with Crippen LogP contribution in [0.3, 0.4) is 0 Å². The number of aryl methyl sites for hydroxylation is 1. The minimum absolute atomic E-state index is 0.0781. The molecule has 1 aliphatic heterocycles. The molecule has 0 bridgehead atoms. The van der Waals surface area contributed by atoms with Crippen LogP contribution in [0.15, 0.2) is 91.1 Å². The van der Waals surface area contributed by atoms with Crippen molar-refractivity contribution in [1.29, 1.82) is 0 Å². The number of aliphatic hydroxyl groups is 3. The number of unbranched alkanes of at least 4 members (excludes halogenated alkanes) is 1. The smallest absolute Gasteiger partial charge is 0.307 e. The SMILES string of the molecule is CC(OC(=O)CCC/C=C\C[C@@H]1[C@@H](CC[C@@H](O)CCc2ccccc2)[C@H](O)C[C@@H]1O)N(Cc1cccc(CN2CCC[C@H](Nc3ccc4[nH]ncc4c3)C2)c1)S(=O)O. The molecule has 0 spiro atoms. The van der Waals surface area contributed by atoms with E-state index >= 15 is 0 Å². The number of nitrogens with one attached hydrogen (secondary N) is 2. The average Bonchev–Trinajstić information content (AvgIpc) is 3.79. The third-order valence-corrected chi connectivity index (χ3v) is 12.6. The summed E-state index contributed by atoms with van der Waals surface area (Å²) in [4.78, 5) is 15.2. The highest BCUT2D eigenvalue weighted by molar-refractivity contribution is 7.76. The second kappa shape index (κ2) is 21.9. The van der Waals surface area contributed by atoms with E-state index in [9.17, 15) is 28.9 Å². The second-order valence-electron chi connectivity index (χ2n) is 16.2. The molecule has 58 heavy (non-hydrogen) atoms. The van der Waals surface area contributed by atoms with Crippen molar-refractivity contribution in [3.63, 3.8) is 0 Å². The Labute approximate surface area is 345 Å². The van der Waals surface area contributed by atoms with E-state index in [0.29, 0.717) is 51.0 Å². The Kier molecular flexibility index (Phi) is 16.5. The van der Waals surface area contributed by atoms with Crippen molar-refractivity contribution in [2.75, 3.05) is 18.4 Å². The van der Waals surface area contributed by atoms with Crippen molar-refractivity contribution < 1.29 is 33.6 Å². The monoisotopic (exact) mass is 815 g/mol. The number of allylic oxidation sites excluding steroid dienone is 2. The van der Waals surface area contributed by atoms with Gasteiger partial charge < -0.3 is 25.4 Å². The summed E-state index contributed by atoms with van der Waals surface area (Å²) >= 11 is -2.36. The van der Waals surface area contributed by atoms with Gasteiger partial charge in [0.05, 0.1) is 30.0 Å². The van der Waals surface area contributed by atoms with Gasteiger partial charge in [0.2, 0.25) is 11.3 Å². The number of aromatic nitrogens is 2. The number of likely N-dealkylation sites (tertiary alicyclic amines) is 1. The molecule has 2 heterocycles. The van der Waals surface area contributed by atoms with Gasteiger partial charge in [-0.3, -0.25) is 19.3 Å². The third-order valence-electron chi connectivity index (χ3n) is 11.8. The van der Waals surface area contributed by atoms with Crippen molar-refractivity contribution in [3.05, 3.63) is 108 Å². The summed E-state index contributed by atoms with van der Waals surface area (Å²) in [6.45, 7) is 4.41. The van der Waals surface area contributed by atoms with Crippen LogP contribution in [0.2, 0.25) is 0 Å². The molecule has 8 atom stereocenters. The number of piperidine rings is 1. The van der Waals surface area contributed by atoms with Gasteiger partial charge in [0.15, 0.2) is 6.23 Å². The fourth-order valence-corrected chi connectivity index (χ4v) is 9.17. The lowest BCUT2D eigenvalue weighted by molar-refractivity contribution is -0.153. The number of H-pyrrole nitrogens is 1. The van der Waals surface area contributed by atoms with Crippen LogP contribution in [0.4, 0.5) is 5.69 Å². The highest BCUT2D eigenvalue weighted by Gasteiger charge is 2.40. The van der Waals surface area contributed by atoms with E-state index in [0.717, 1.165) is 66.6 Å². The summed E-state index contributed by atoms with van der Waals surface area (Å²) in [5.74, 6) is -0.604. The Morgan fingerprint density at radius 3 is 2.66 bits per heavy atom. The van der Waals surface area contributed by atoms with Crippen LogP contribution in [0, 0.1) is 11.8 Å². The van der Waals surface area contributed by atoms with Gasteiger partial charge in [-0.15, -0.1) is 0 Å². The van der Waals surface area contributed by atoms with E-state index in [1.165, 1.54) is 9.87 Å². The van der Waals surface area contributed by atoms with E-state index < -0.39 is 41.8 Å². The molecule has 1 saturated heterocycles. The number of fused-ring (bicyclic) bond motifs is 1. The Balaban J connectivity index is 0.897. The summed E-state index contributed by atoms with van der Waals surface area (Å²) in [5, 5.41) is 43.8. The van der Waals surface area contributed by atoms with Crippen molar-refractivity contribution in [1.82, 2.24) is 19.4 Å². The minimum Gasteiger partial charge on any atom is -0.446 e. The summed E-state index contributed by atoms with van der Waals surface area (Å²) in [6, 6.07) is 24.6. The molecule has 4 aromatic rings. The molecule has 3 aromatic carbocycles. The lowest BCUT2D eigenvalue weighted by Gasteiger charge is -2.34. The zero-order chi connectivity index (χ0) is 40.9. The topological polar surface area (TPSA) is 171 Å². The molecule has 6 N–H and O–H groups in total. The molecular weight excluding hydrogens is 755 g/mol. The van der Waals surface area contributed by atoms with Crippen LogP contribution < -0.4 is 5.32 Å². The lowest BCUT2D eigenvalue weighted by Crippen LogP contribution is -2.41. The number of aromatic amines is 1. The van der Waals surface area contributed by atoms with Crippen molar-refractivity contribution >= 4 is 33.8 Å². The van der Waals surface area contributed by atoms with Crippen molar-refractivity contribution in [2.45, 2.75) is 121 Å². The summed E-state index contributed by atoms with van der Waals surface area (Å²) in [5.41, 5.74) is 5.26. The zero-order valence-electron chi connectivity index (χ0n) is 33.6. The molecule has 0 amide bonds. The van der Waals surface area contributed by atoms with Gasteiger partial charge in [0, 0.05) is 43.2 Å². The molecule has 2 aliphatic rings. The molecule has 314 valence electrons. The van der Waals surface area contributed by atoms with Gasteiger partial charge in [-0.25, -0.2) is 4.21 Å². The van der Waals surface area contributed by atoms with Crippen molar-refractivity contribution in [3.8, 4) is 0 Å². The first-order valence-corrected chi connectivity index (χ1v) is 22.0. The van der Waals surface area contributed by atoms with Crippen LogP contribution in [0.25, 0.3) is 10.9 Å². The van der Waals surface area contributed by atoms with Gasteiger partial charge in [-0.2, -0.15) is 9.40 Å². The van der Waals surface area contributed by atoms with E-state index in [1.54, 1.807) is 6.92 Å². The van der Waals surface area contributed by atoms with Crippen LogP contribution in [-0.4, -0.2) is 93.1 Å². The molecule has 2 unspecified atom stereocenters. The van der Waals surface area contributed by atoms with Gasteiger partial charge >= 0.3 is 5.97 Å². The lowest BCUT2D eigenvalue weighted by atomic mass is 9.85. The number of aliphatic hydroxyl groups excluding tert-OH is 3. The number of ether oxygens (including phenoxy) is 1. The standard InChI is InChI=1S/C45H61N5O7S/c1-32(57-45(54)17-8-3-2-7-16-40-41(44(53)27-43(40)52)22-21-39(51)20-18-33-11-5-4-6-12-33)50(58(55)56)30-35-14-9-13-34(25-35)29-49-24-10-15-38(31-49)47-37-19-23-42-36(26-37)28-46-48-42/h2,4-7,9,11-14,19,23,25-26,28,32,38-41,43-44,47,51-53H,3,8,10,15-18,20-22,24,27,29-31H2,1H3,(H,46,48)(H,55,56)/b7-2-/t32?,38-,39-,40+,41+,43-,44+/m0/s1. The Bertz CT molecular complexity index is 1930. The van der Waals surface area contributed by atoms with Gasteiger partial charge in [-0.1, -0.05) is 66.7 Å². The first-order valence-electron chi connectivity index (χ1n) is 20.9. The number of carbonyl (C=O) groups excluding carboxylic acids is 1.